The highest BCUT2D eigenvalue weighted by molar-refractivity contribution is 5.78. The Morgan fingerprint density at radius 1 is 0.841 bits per heavy atom. The maximum Gasteiger partial charge on any atom is 0.150 e. The van der Waals surface area contributed by atoms with Crippen molar-refractivity contribution in [2.24, 2.45) is 11.3 Å². The summed E-state index contributed by atoms with van der Waals surface area (Å²) in [6.45, 7) is 18.9. The van der Waals surface area contributed by atoms with Gasteiger partial charge in [0.05, 0.1) is 11.7 Å². The lowest BCUT2D eigenvalue weighted by Crippen LogP contribution is -2.32. The van der Waals surface area contributed by atoms with E-state index in [9.17, 15) is 9.90 Å². The molecule has 0 aromatic rings. The quantitative estimate of drug-likeness (QED) is 0.0885. The Hall–Kier alpha value is -3.53. The van der Waals surface area contributed by atoms with Crippen LogP contribution in [0.15, 0.2) is 143 Å². The molecule has 1 aliphatic carbocycles. The Bertz CT molecular complexity index is 1310. The largest absolute Gasteiger partial charge is 0.389 e. The second-order valence-corrected chi connectivity index (χ2v) is 13.0. The summed E-state index contributed by atoms with van der Waals surface area (Å²) in [5, 5.41) is 10.1. The van der Waals surface area contributed by atoms with Gasteiger partial charge in [-0.15, -0.1) is 0 Å². The predicted molar refractivity (Wildman–Crippen MR) is 191 cm³/mol. The van der Waals surface area contributed by atoms with Gasteiger partial charge in [0.2, 0.25) is 0 Å². The first kappa shape index (κ1) is 38.5. The van der Waals surface area contributed by atoms with Gasteiger partial charge in [0.1, 0.15) is 6.29 Å². The van der Waals surface area contributed by atoms with Crippen LogP contribution in [0.5, 0.6) is 0 Å². The van der Waals surface area contributed by atoms with Crippen LogP contribution in [0.2, 0.25) is 0 Å². The normalized spacial score (nSPS) is 21.7. The fourth-order valence-corrected chi connectivity index (χ4v) is 4.77. The molecule has 44 heavy (non-hydrogen) atoms. The summed E-state index contributed by atoms with van der Waals surface area (Å²) in [5.41, 5.74) is 6.24. The number of aldehydes is 1. The van der Waals surface area contributed by atoms with E-state index in [2.05, 4.69) is 97.1 Å². The van der Waals surface area contributed by atoms with Crippen LogP contribution >= 0.6 is 0 Å². The molecule has 1 N–H and O–H groups in total. The number of rotatable bonds is 15. The van der Waals surface area contributed by atoms with Gasteiger partial charge < -0.3 is 9.84 Å². The minimum atomic E-state index is -0.341. The van der Waals surface area contributed by atoms with Gasteiger partial charge in [-0.05, 0) is 66.7 Å². The molecule has 0 aromatic carbocycles. The first-order valence-electron chi connectivity index (χ1n) is 15.5. The molecule has 0 saturated heterocycles. The molecular weight excluding hydrogens is 540 g/mol. The zero-order chi connectivity index (χ0) is 33.2. The molecule has 0 spiro atoms. The van der Waals surface area contributed by atoms with Gasteiger partial charge in [0.25, 0.3) is 0 Å². The summed E-state index contributed by atoms with van der Waals surface area (Å²) in [7, 11) is 1.72. The second kappa shape index (κ2) is 19.7. The van der Waals surface area contributed by atoms with Crippen LogP contribution in [0.4, 0.5) is 0 Å². The Morgan fingerprint density at radius 3 is 1.89 bits per heavy atom. The van der Waals surface area contributed by atoms with Crippen molar-refractivity contribution in [3.63, 3.8) is 0 Å². The monoisotopic (exact) mass is 596 g/mol. The highest BCUT2D eigenvalue weighted by Crippen LogP contribution is 2.41. The van der Waals surface area contributed by atoms with Crippen LogP contribution in [-0.2, 0) is 9.53 Å². The lowest BCUT2D eigenvalue weighted by molar-refractivity contribution is -0.104. The molecule has 2 atom stereocenters. The molecule has 3 nitrogen and oxygen atoms in total. The topological polar surface area (TPSA) is 46.5 Å². The number of aliphatic hydroxyl groups excluding tert-OH is 1. The van der Waals surface area contributed by atoms with E-state index in [-0.39, 0.29) is 17.1 Å². The molecule has 0 amide bonds. The predicted octanol–water partition coefficient (Wildman–Crippen LogP) is 10.4. The number of carbonyl (C=O) groups excluding carboxylic acids is 1. The van der Waals surface area contributed by atoms with Gasteiger partial charge in [0, 0.05) is 18.6 Å². The zero-order valence-corrected chi connectivity index (χ0v) is 28.8. The van der Waals surface area contributed by atoms with Crippen LogP contribution in [-0.4, -0.2) is 30.2 Å². The van der Waals surface area contributed by atoms with Crippen molar-refractivity contribution in [1.29, 1.82) is 0 Å². The lowest BCUT2D eigenvalue weighted by Gasteiger charge is -2.38. The Kier molecular flexibility index (Phi) is 17.2. The molecule has 0 heterocycles. The van der Waals surface area contributed by atoms with Crippen molar-refractivity contribution in [1.82, 2.24) is 0 Å². The van der Waals surface area contributed by atoms with Gasteiger partial charge in [0.15, 0.2) is 0 Å². The van der Waals surface area contributed by atoms with Crippen molar-refractivity contribution in [2.45, 2.75) is 86.9 Å². The zero-order valence-electron chi connectivity index (χ0n) is 28.8. The number of hydrogen-bond acceptors (Lipinski definition) is 3. The SMILES string of the molecule is COC(C)(C)C/C=C/C(C)=C/C=C/C(C=O)=C/C=C/C(C)=C/C=C/C=C(C)/C=C/C=C(C)/C=C/C1C(C)=C[C@@H](O)CC1(C)C. The molecule has 1 rings (SSSR count). The van der Waals surface area contributed by atoms with Gasteiger partial charge in [-0.1, -0.05) is 151 Å². The van der Waals surface area contributed by atoms with Crippen LogP contribution in [0, 0.1) is 11.3 Å². The van der Waals surface area contributed by atoms with E-state index in [0.717, 1.165) is 35.8 Å². The van der Waals surface area contributed by atoms with E-state index in [1.807, 2.05) is 74.6 Å². The van der Waals surface area contributed by atoms with Crippen molar-refractivity contribution in [2.75, 3.05) is 7.11 Å². The fraction of sp³-hybridized carbons (Fsp3) is 0.390. The van der Waals surface area contributed by atoms with Crippen molar-refractivity contribution < 1.29 is 14.6 Å². The third-order valence-corrected chi connectivity index (χ3v) is 7.60. The van der Waals surface area contributed by atoms with Gasteiger partial charge >= 0.3 is 0 Å². The molecule has 0 fully saturated rings. The van der Waals surface area contributed by atoms with E-state index in [0.29, 0.717) is 11.5 Å². The third kappa shape index (κ3) is 16.4. The van der Waals surface area contributed by atoms with E-state index in [1.54, 1.807) is 7.11 Å². The minimum absolute atomic E-state index is 0.0447. The molecular formula is C41H56O3. The first-order chi connectivity index (χ1) is 20.7. The van der Waals surface area contributed by atoms with Gasteiger partial charge in [-0.3, -0.25) is 4.79 Å². The molecule has 0 radical (unpaired) electrons. The van der Waals surface area contributed by atoms with Gasteiger partial charge in [-0.2, -0.15) is 0 Å². The minimum Gasteiger partial charge on any atom is -0.389 e. The first-order valence-corrected chi connectivity index (χ1v) is 15.5. The lowest BCUT2D eigenvalue weighted by atomic mass is 9.67. The molecule has 0 saturated carbocycles. The Morgan fingerprint density at radius 2 is 1.34 bits per heavy atom. The molecule has 238 valence electrons. The average Bonchev–Trinajstić information content (AvgIpc) is 2.93. The number of ether oxygens (including phenoxy) is 1. The van der Waals surface area contributed by atoms with Crippen LogP contribution in [0.3, 0.4) is 0 Å². The fourth-order valence-electron chi connectivity index (χ4n) is 4.77. The van der Waals surface area contributed by atoms with Crippen molar-refractivity contribution in [3.05, 3.63) is 143 Å². The highest BCUT2D eigenvalue weighted by atomic mass is 16.5. The maximum absolute atomic E-state index is 11.4. The molecule has 3 heteroatoms. The Balaban J connectivity index is 2.66. The molecule has 1 aliphatic rings. The highest BCUT2D eigenvalue weighted by Gasteiger charge is 2.34. The standard InChI is InChI=1S/C41H56O3/c1-32(19-13-20-35(4)26-27-39-36(5)29-38(43)30-40(39,6)7)17-11-12-18-33(2)21-14-24-37(31-42)25-15-22-34(3)23-16-28-41(8,9)44-10/h11-27,29,31,38-39,43H,28,30H2,1-10H3/b12-11+,19-13+,21-14+,23-16+,25-15+,27-26+,32-17+,33-18+,34-22+,35-20+,37-24-/t38-,39?/m1/s1. The average molecular weight is 597 g/mol. The van der Waals surface area contributed by atoms with E-state index < -0.39 is 0 Å². The smallest absolute Gasteiger partial charge is 0.150 e. The van der Waals surface area contributed by atoms with E-state index in [4.69, 9.17) is 4.74 Å². The summed E-state index contributed by atoms with van der Waals surface area (Å²) >= 11 is 0. The third-order valence-electron chi connectivity index (χ3n) is 7.60. The Labute approximate surface area is 268 Å². The van der Waals surface area contributed by atoms with E-state index in [1.165, 1.54) is 11.1 Å². The van der Waals surface area contributed by atoms with E-state index >= 15 is 0 Å². The number of hydrogen-bond donors (Lipinski definition) is 1. The van der Waals surface area contributed by atoms with Gasteiger partial charge in [-0.25, -0.2) is 0 Å². The van der Waals surface area contributed by atoms with Crippen LogP contribution in [0.25, 0.3) is 0 Å². The number of carbonyl (C=O) groups is 1. The maximum atomic E-state index is 11.4. The summed E-state index contributed by atoms with van der Waals surface area (Å²) in [6.07, 6.45) is 38.5. The summed E-state index contributed by atoms with van der Waals surface area (Å²) in [5.74, 6) is 0.334. The van der Waals surface area contributed by atoms with Crippen molar-refractivity contribution >= 4 is 6.29 Å². The van der Waals surface area contributed by atoms with Crippen molar-refractivity contribution in [3.8, 4) is 0 Å². The summed E-state index contributed by atoms with van der Waals surface area (Å²) < 4.78 is 5.43. The number of allylic oxidation sites excluding steroid dienone is 22. The molecule has 0 aromatic heterocycles. The summed E-state index contributed by atoms with van der Waals surface area (Å²) in [4.78, 5) is 11.4. The number of methoxy groups -OCH3 is 1. The molecule has 0 bridgehead atoms. The van der Waals surface area contributed by atoms with Crippen LogP contribution in [0.1, 0.15) is 75.2 Å². The molecule has 0 aliphatic heterocycles. The van der Waals surface area contributed by atoms with Crippen LogP contribution < -0.4 is 0 Å². The molecule has 1 unspecified atom stereocenters. The summed E-state index contributed by atoms with van der Waals surface area (Å²) in [6, 6.07) is 0. The number of aliphatic hydroxyl groups is 1. The second-order valence-electron chi connectivity index (χ2n) is 13.0.